The molecular formula is C18H19N3O. The Morgan fingerprint density at radius 3 is 2.95 bits per heavy atom. The summed E-state index contributed by atoms with van der Waals surface area (Å²) in [5.74, 6) is 1.82. The largest absolute Gasteiger partial charge is 0.491 e. The van der Waals surface area contributed by atoms with Gasteiger partial charge in [0.2, 0.25) is 0 Å². The lowest BCUT2D eigenvalue weighted by Crippen LogP contribution is -2.06. The van der Waals surface area contributed by atoms with E-state index in [9.17, 15) is 0 Å². The monoisotopic (exact) mass is 293 g/mol. The first-order valence-electron chi connectivity index (χ1n) is 7.84. The highest BCUT2D eigenvalue weighted by Crippen LogP contribution is 2.35. The minimum atomic E-state index is 0.171. The van der Waals surface area contributed by atoms with Gasteiger partial charge < -0.3 is 9.72 Å². The van der Waals surface area contributed by atoms with E-state index in [2.05, 4.69) is 40.9 Å². The lowest BCUT2D eigenvalue weighted by atomic mass is 10.0. The van der Waals surface area contributed by atoms with Crippen molar-refractivity contribution in [3.8, 4) is 17.1 Å². The van der Waals surface area contributed by atoms with E-state index < -0.39 is 0 Å². The zero-order valence-electron chi connectivity index (χ0n) is 12.9. The van der Waals surface area contributed by atoms with Gasteiger partial charge in [-0.05, 0) is 68.5 Å². The maximum Gasteiger partial charge on any atom is 0.178 e. The summed E-state index contributed by atoms with van der Waals surface area (Å²) >= 11 is 0. The first-order valence-corrected chi connectivity index (χ1v) is 7.84. The van der Waals surface area contributed by atoms with Crippen molar-refractivity contribution in [1.82, 2.24) is 15.0 Å². The molecule has 0 fully saturated rings. The Morgan fingerprint density at radius 2 is 2.14 bits per heavy atom. The molecule has 4 rings (SSSR count). The molecule has 0 radical (unpaired) electrons. The summed E-state index contributed by atoms with van der Waals surface area (Å²) in [7, 11) is 0. The van der Waals surface area contributed by atoms with Gasteiger partial charge in [-0.25, -0.2) is 9.97 Å². The molecule has 112 valence electrons. The van der Waals surface area contributed by atoms with E-state index in [4.69, 9.17) is 4.74 Å². The minimum Gasteiger partial charge on any atom is -0.491 e. The predicted octanol–water partition coefficient (Wildman–Crippen LogP) is 3.90. The van der Waals surface area contributed by atoms with Gasteiger partial charge in [0.1, 0.15) is 11.6 Å². The third-order valence-electron chi connectivity index (χ3n) is 4.07. The molecule has 3 aromatic rings. The molecule has 22 heavy (non-hydrogen) atoms. The number of pyridine rings is 1. The number of imidazole rings is 1. The highest BCUT2D eigenvalue weighted by atomic mass is 16.5. The van der Waals surface area contributed by atoms with Gasteiger partial charge in [-0.15, -0.1) is 0 Å². The van der Waals surface area contributed by atoms with Crippen molar-refractivity contribution in [2.45, 2.75) is 39.2 Å². The Morgan fingerprint density at radius 1 is 1.23 bits per heavy atom. The highest BCUT2D eigenvalue weighted by Gasteiger charge is 2.20. The molecule has 2 heterocycles. The standard InChI is InChI=1S/C18H19N3O/c1-11(2)22-13-9-12-5-3-6-14(12)15(10-13)17-20-16-7-4-8-19-18(16)21-17/h4,7-11H,3,5-6H2,1-2H3,(H,19,20,21). The van der Waals surface area contributed by atoms with Crippen LogP contribution in [0.4, 0.5) is 0 Å². The molecule has 4 nitrogen and oxygen atoms in total. The summed E-state index contributed by atoms with van der Waals surface area (Å²) < 4.78 is 5.92. The van der Waals surface area contributed by atoms with Crippen LogP contribution in [0.15, 0.2) is 30.5 Å². The van der Waals surface area contributed by atoms with E-state index in [1.54, 1.807) is 6.20 Å². The number of aromatic nitrogens is 3. The van der Waals surface area contributed by atoms with Gasteiger partial charge in [0, 0.05) is 11.8 Å². The molecule has 0 saturated heterocycles. The Hall–Kier alpha value is -2.36. The second kappa shape index (κ2) is 5.13. The molecule has 1 aliphatic carbocycles. The van der Waals surface area contributed by atoms with Crippen LogP contribution in [0, 0.1) is 0 Å². The number of nitrogens with zero attached hydrogens (tertiary/aromatic N) is 2. The number of benzene rings is 1. The second-order valence-electron chi connectivity index (χ2n) is 6.09. The molecule has 1 aliphatic rings. The molecule has 1 N–H and O–H groups in total. The van der Waals surface area contributed by atoms with E-state index in [-0.39, 0.29) is 6.10 Å². The van der Waals surface area contributed by atoms with Crippen molar-refractivity contribution < 1.29 is 4.74 Å². The van der Waals surface area contributed by atoms with E-state index in [1.165, 1.54) is 17.5 Å². The lowest BCUT2D eigenvalue weighted by molar-refractivity contribution is 0.242. The fourth-order valence-electron chi connectivity index (χ4n) is 3.20. The molecule has 0 spiro atoms. The summed E-state index contributed by atoms with van der Waals surface area (Å²) in [5.41, 5.74) is 5.68. The number of nitrogens with one attached hydrogen (secondary N) is 1. The van der Waals surface area contributed by atoms with Crippen molar-refractivity contribution in [1.29, 1.82) is 0 Å². The SMILES string of the molecule is CC(C)Oc1cc2c(c(-c3nc4ncccc4[nH]3)c1)CCC2. The zero-order chi connectivity index (χ0) is 15.1. The van der Waals surface area contributed by atoms with E-state index in [0.29, 0.717) is 0 Å². The molecule has 0 atom stereocenters. The summed E-state index contributed by atoms with van der Waals surface area (Å²) in [6, 6.07) is 8.23. The Balaban J connectivity index is 1.87. The lowest BCUT2D eigenvalue weighted by Gasteiger charge is -2.14. The van der Waals surface area contributed by atoms with E-state index >= 15 is 0 Å². The average Bonchev–Trinajstić information content (AvgIpc) is 3.11. The number of hydrogen-bond acceptors (Lipinski definition) is 3. The van der Waals surface area contributed by atoms with E-state index in [1.807, 2.05) is 12.1 Å². The number of rotatable bonds is 3. The normalized spacial score (nSPS) is 13.8. The van der Waals surface area contributed by atoms with Crippen LogP contribution < -0.4 is 4.74 Å². The third kappa shape index (κ3) is 2.25. The molecule has 0 saturated carbocycles. The molecule has 0 aliphatic heterocycles. The van der Waals surface area contributed by atoms with Crippen LogP contribution >= 0.6 is 0 Å². The molecule has 2 aromatic heterocycles. The molecule has 0 unspecified atom stereocenters. The van der Waals surface area contributed by atoms with Crippen molar-refractivity contribution in [2.24, 2.45) is 0 Å². The second-order valence-corrected chi connectivity index (χ2v) is 6.09. The number of aryl methyl sites for hydroxylation is 1. The van der Waals surface area contributed by atoms with Gasteiger partial charge in [0.05, 0.1) is 11.6 Å². The average molecular weight is 293 g/mol. The Bertz CT molecular complexity index is 802. The van der Waals surface area contributed by atoms with Crippen molar-refractivity contribution in [3.05, 3.63) is 41.6 Å². The van der Waals surface area contributed by atoms with Crippen molar-refractivity contribution in [2.75, 3.05) is 0 Å². The fourth-order valence-corrected chi connectivity index (χ4v) is 3.20. The summed E-state index contributed by atoms with van der Waals surface area (Å²) in [4.78, 5) is 12.4. The molecule has 4 heteroatoms. The summed E-state index contributed by atoms with van der Waals surface area (Å²) in [5, 5.41) is 0. The fraction of sp³-hybridized carbons (Fsp3) is 0.333. The first kappa shape index (κ1) is 13.3. The van der Waals surface area contributed by atoms with Gasteiger partial charge in [-0.1, -0.05) is 0 Å². The molecule has 0 bridgehead atoms. The van der Waals surface area contributed by atoms with Gasteiger partial charge >= 0.3 is 0 Å². The number of ether oxygens (including phenoxy) is 1. The highest BCUT2D eigenvalue weighted by molar-refractivity contribution is 5.77. The summed E-state index contributed by atoms with van der Waals surface area (Å²) in [6.45, 7) is 4.11. The van der Waals surface area contributed by atoms with Crippen LogP contribution in [-0.4, -0.2) is 21.1 Å². The van der Waals surface area contributed by atoms with Crippen LogP contribution in [0.25, 0.3) is 22.6 Å². The Kier molecular flexibility index (Phi) is 3.10. The molecule has 1 aromatic carbocycles. The topological polar surface area (TPSA) is 50.8 Å². The number of hydrogen-bond donors (Lipinski definition) is 1. The van der Waals surface area contributed by atoms with Crippen LogP contribution in [0.5, 0.6) is 5.75 Å². The minimum absolute atomic E-state index is 0.171. The summed E-state index contributed by atoms with van der Waals surface area (Å²) in [6.07, 6.45) is 5.37. The first-order chi connectivity index (χ1) is 10.7. The number of H-pyrrole nitrogens is 1. The molecule has 0 amide bonds. The van der Waals surface area contributed by atoms with Crippen LogP contribution in [0.3, 0.4) is 0 Å². The Labute approximate surface area is 129 Å². The third-order valence-corrected chi connectivity index (χ3v) is 4.07. The van der Waals surface area contributed by atoms with Gasteiger partial charge in [0.15, 0.2) is 5.65 Å². The maximum absolute atomic E-state index is 5.92. The van der Waals surface area contributed by atoms with Crippen molar-refractivity contribution in [3.63, 3.8) is 0 Å². The van der Waals surface area contributed by atoms with Crippen molar-refractivity contribution >= 4 is 11.2 Å². The predicted molar refractivity (Wildman–Crippen MR) is 87.1 cm³/mol. The van der Waals surface area contributed by atoms with Gasteiger partial charge in [-0.3, -0.25) is 0 Å². The van der Waals surface area contributed by atoms with Gasteiger partial charge in [-0.2, -0.15) is 0 Å². The number of aromatic amines is 1. The molecular weight excluding hydrogens is 274 g/mol. The van der Waals surface area contributed by atoms with E-state index in [0.717, 1.165) is 41.1 Å². The van der Waals surface area contributed by atoms with Crippen LogP contribution in [0.2, 0.25) is 0 Å². The zero-order valence-corrected chi connectivity index (χ0v) is 12.9. The quantitative estimate of drug-likeness (QED) is 0.796. The van der Waals surface area contributed by atoms with Crippen LogP contribution in [0.1, 0.15) is 31.4 Å². The van der Waals surface area contributed by atoms with Gasteiger partial charge in [0.25, 0.3) is 0 Å². The number of fused-ring (bicyclic) bond motifs is 2. The van der Waals surface area contributed by atoms with Crippen LogP contribution in [-0.2, 0) is 12.8 Å². The maximum atomic E-state index is 5.92. The smallest absolute Gasteiger partial charge is 0.178 e.